The van der Waals surface area contributed by atoms with Crippen molar-refractivity contribution in [2.45, 2.75) is 20.0 Å². The monoisotopic (exact) mass is 340 g/mol. The summed E-state index contributed by atoms with van der Waals surface area (Å²) in [4.78, 5) is 16.5. The molecule has 0 bridgehead atoms. The van der Waals surface area contributed by atoms with Crippen molar-refractivity contribution in [1.82, 2.24) is 5.32 Å². The Labute approximate surface area is 145 Å². The molecular weight excluding hydrogens is 324 g/mol. The fourth-order valence-electron chi connectivity index (χ4n) is 2.31. The maximum absolute atomic E-state index is 12.1. The zero-order chi connectivity index (χ0) is 17.1. The summed E-state index contributed by atoms with van der Waals surface area (Å²) in [5.74, 6) is 1.08. The lowest BCUT2D eigenvalue weighted by atomic mass is 10.2. The summed E-state index contributed by atoms with van der Waals surface area (Å²) in [7, 11) is 0. The maximum Gasteiger partial charge on any atom is 0.275 e. The van der Waals surface area contributed by atoms with Crippen molar-refractivity contribution in [2.24, 2.45) is 4.99 Å². The van der Waals surface area contributed by atoms with Crippen LogP contribution in [0.5, 0.6) is 5.75 Å². The molecule has 0 radical (unpaired) electrons. The van der Waals surface area contributed by atoms with E-state index in [1.54, 1.807) is 18.2 Å². The van der Waals surface area contributed by atoms with E-state index in [1.807, 2.05) is 50.2 Å². The van der Waals surface area contributed by atoms with Crippen LogP contribution in [0.3, 0.4) is 0 Å². The van der Waals surface area contributed by atoms with E-state index in [1.165, 1.54) is 0 Å². The highest BCUT2D eigenvalue weighted by atomic mass is 35.5. The first kappa shape index (κ1) is 16.3. The number of halogens is 1. The third kappa shape index (κ3) is 3.84. The van der Waals surface area contributed by atoms with Crippen LogP contribution in [-0.2, 0) is 4.79 Å². The summed E-state index contributed by atoms with van der Waals surface area (Å²) in [6.45, 7) is 3.95. The Morgan fingerprint density at radius 3 is 2.58 bits per heavy atom. The van der Waals surface area contributed by atoms with E-state index in [4.69, 9.17) is 16.3 Å². The molecule has 0 fully saturated rings. The summed E-state index contributed by atoms with van der Waals surface area (Å²) in [6.07, 6.45) is 1.87. The summed E-state index contributed by atoms with van der Waals surface area (Å²) in [5, 5.41) is 3.36. The van der Waals surface area contributed by atoms with Crippen molar-refractivity contribution in [3.8, 4) is 5.75 Å². The van der Waals surface area contributed by atoms with Gasteiger partial charge < -0.3 is 10.1 Å². The van der Waals surface area contributed by atoms with Crippen molar-refractivity contribution in [3.05, 3.63) is 70.4 Å². The first-order chi connectivity index (χ1) is 11.5. The molecular formula is C19H17ClN2O2. The molecule has 5 heteroatoms. The maximum atomic E-state index is 12.1. The standard InChI is InChI=1S/C19H17ClN2O2/c1-12(2)24-16-8-6-13(7-9-16)10-17-19(23)22-18(21-17)14-4-3-5-15(20)11-14/h3-12H,1-2H3,(H,21,22,23)/b17-10+. The van der Waals surface area contributed by atoms with Crippen LogP contribution in [0.2, 0.25) is 5.02 Å². The van der Waals surface area contributed by atoms with Gasteiger partial charge in [-0.3, -0.25) is 4.79 Å². The Hall–Kier alpha value is -2.59. The van der Waals surface area contributed by atoms with Gasteiger partial charge in [0.05, 0.1) is 6.10 Å². The average molecular weight is 341 g/mol. The van der Waals surface area contributed by atoms with E-state index in [0.717, 1.165) is 16.9 Å². The molecule has 1 N–H and O–H groups in total. The topological polar surface area (TPSA) is 50.7 Å². The van der Waals surface area contributed by atoms with Gasteiger partial charge in [0.25, 0.3) is 5.91 Å². The third-order valence-corrected chi connectivity index (χ3v) is 3.59. The average Bonchev–Trinajstić information content (AvgIpc) is 2.90. The number of rotatable bonds is 4. The number of benzene rings is 2. The van der Waals surface area contributed by atoms with Gasteiger partial charge in [-0.15, -0.1) is 0 Å². The second kappa shape index (κ2) is 6.89. The molecule has 0 saturated carbocycles. The number of ether oxygens (including phenoxy) is 1. The van der Waals surface area contributed by atoms with Gasteiger partial charge in [-0.1, -0.05) is 35.9 Å². The lowest BCUT2D eigenvalue weighted by Gasteiger charge is -2.09. The van der Waals surface area contributed by atoms with Crippen LogP contribution >= 0.6 is 11.6 Å². The van der Waals surface area contributed by atoms with E-state index in [9.17, 15) is 4.79 Å². The highest BCUT2D eigenvalue weighted by Crippen LogP contribution is 2.19. The molecule has 24 heavy (non-hydrogen) atoms. The van der Waals surface area contributed by atoms with Crippen LogP contribution in [0.25, 0.3) is 6.08 Å². The van der Waals surface area contributed by atoms with Crippen LogP contribution in [0.4, 0.5) is 0 Å². The van der Waals surface area contributed by atoms with Gasteiger partial charge in [-0.05, 0) is 49.8 Å². The van der Waals surface area contributed by atoms with Gasteiger partial charge in [0.15, 0.2) is 0 Å². The smallest absolute Gasteiger partial charge is 0.275 e. The first-order valence-electron chi connectivity index (χ1n) is 7.65. The molecule has 3 rings (SSSR count). The number of amides is 1. The van der Waals surface area contributed by atoms with E-state index < -0.39 is 0 Å². The summed E-state index contributed by atoms with van der Waals surface area (Å²) in [6, 6.07) is 14.8. The molecule has 0 aromatic heterocycles. The van der Waals surface area contributed by atoms with Crippen molar-refractivity contribution in [2.75, 3.05) is 0 Å². The Bertz CT molecular complexity index is 824. The SMILES string of the molecule is CC(C)Oc1ccc(/C=C2/N=C(c3cccc(Cl)c3)NC2=O)cc1. The van der Waals surface area contributed by atoms with Crippen LogP contribution in [-0.4, -0.2) is 17.8 Å². The molecule has 4 nitrogen and oxygen atoms in total. The number of nitrogens with one attached hydrogen (secondary N) is 1. The number of hydrogen-bond donors (Lipinski definition) is 1. The molecule has 0 aliphatic carbocycles. The molecule has 0 spiro atoms. The largest absolute Gasteiger partial charge is 0.491 e. The lowest BCUT2D eigenvalue weighted by Crippen LogP contribution is -2.24. The lowest BCUT2D eigenvalue weighted by molar-refractivity contribution is -0.115. The number of carbonyl (C=O) groups is 1. The van der Waals surface area contributed by atoms with Gasteiger partial charge in [0, 0.05) is 10.6 Å². The first-order valence-corrected chi connectivity index (χ1v) is 8.03. The van der Waals surface area contributed by atoms with Crippen LogP contribution in [0, 0.1) is 0 Å². The van der Waals surface area contributed by atoms with Gasteiger partial charge in [-0.2, -0.15) is 0 Å². The van der Waals surface area contributed by atoms with Gasteiger partial charge in [0.2, 0.25) is 0 Å². The van der Waals surface area contributed by atoms with E-state index in [2.05, 4.69) is 10.3 Å². The Kier molecular flexibility index (Phi) is 4.67. The van der Waals surface area contributed by atoms with Gasteiger partial charge in [0.1, 0.15) is 17.3 Å². The number of nitrogens with zero attached hydrogens (tertiary/aromatic N) is 1. The summed E-state index contributed by atoms with van der Waals surface area (Å²) in [5.41, 5.74) is 2.02. The Morgan fingerprint density at radius 1 is 1.17 bits per heavy atom. The number of hydrogen-bond acceptors (Lipinski definition) is 3. The predicted molar refractivity (Wildman–Crippen MR) is 96.3 cm³/mol. The molecule has 122 valence electrons. The fraction of sp³-hybridized carbons (Fsp3) is 0.158. The van der Waals surface area contributed by atoms with Crippen molar-refractivity contribution < 1.29 is 9.53 Å². The van der Waals surface area contributed by atoms with Crippen molar-refractivity contribution in [1.29, 1.82) is 0 Å². The molecule has 0 atom stereocenters. The van der Waals surface area contributed by atoms with E-state index >= 15 is 0 Å². The number of carbonyl (C=O) groups excluding carboxylic acids is 1. The second-order valence-corrected chi connectivity index (χ2v) is 6.13. The predicted octanol–water partition coefficient (Wildman–Crippen LogP) is 4.04. The quantitative estimate of drug-likeness (QED) is 0.854. The molecule has 0 unspecified atom stereocenters. The zero-order valence-electron chi connectivity index (χ0n) is 13.4. The normalized spacial score (nSPS) is 15.6. The second-order valence-electron chi connectivity index (χ2n) is 5.69. The fourth-order valence-corrected chi connectivity index (χ4v) is 2.50. The number of aliphatic imine (C=N–C) groups is 1. The minimum atomic E-state index is -0.229. The highest BCUT2D eigenvalue weighted by Gasteiger charge is 2.21. The molecule has 2 aromatic rings. The molecule has 1 heterocycles. The van der Waals surface area contributed by atoms with E-state index in [-0.39, 0.29) is 12.0 Å². The molecule has 1 amide bonds. The summed E-state index contributed by atoms with van der Waals surface area (Å²) < 4.78 is 5.61. The highest BCUT2D eigenvalue weighted by molar-refractivity contribution is 6.31. The van der Waals surface area contributed by atoms with Crippen LogP contribution in [0.15, 0.2) is 59.2 Å². The van der Waals surface area contributed by atoms with Gasteiger partial charge in [-0.25, -0.2) is 4.99 Å². The molecule has 1 aliphatic heterocycles. The van der Waals surface area contributed by atoms with Crippen molar-refractivity contribution in [3.63, 3.8) is 0 Å². The van der Waals surface area contributed by atoms with Crippen LogP contribution < -0.4 is 10.1 Å². The van der Waals surface area contributed by atoms with E-state index in [0.29, 0.717) is 16.6 Å². The van der Waals surface area contributed by atoms with Crippen LogP contribution in [0.1, 0.15) is 25.0 Å². The zero-order valence-corrected chi connectivity index (χ0v) is 14.2. The molecule has 1 aliphatic rings. The summed E-state index contributed by atoms with van der Waals surface area (Å²) >= 11 is 5.98. The van der Waals surface area contributed by atoms with Crippen molar-refractivity contribution >= 4 is 29.4 Å². The minimum absolute atomic E-state index is 0.125. The van der Waals surface area contributed by atoms with Gasteiger partial charge >= 0.3 is 0 Å². The Balaban J connectivity index is 1.83. The minimum Gasteiger partial charge on any atom is -0.491 e. The molecule has 0 saturated heterocycles. The number of amidine groups is 1. The third-order valence-electron chi connectivity index (χ3n) is 3.35. The molecule has 2 aromatic carbocycles. The Morgan fingerprint density at radius 2 is 1.92 bits per heavy atom.